The monoisotopic (exact) mass is 468 g/mol. The molecule has 196 valence electrons. The van der Waals surface area contributed by atoms with Crippen molar-refractivity contribution in [3.8, 4) is 0 Å². The third kappa shape index (κ3) is 23.8. The average Bonchev–Trinajstić information content (AvgIpc) is 2.80. The highest BCUT2D eigenvalue weighted by molar-refractivity contribution is 5.87. The molecule has 0 aromatic rings. The first kappa shape index (κ1) is 31.9. The molecular weight excluding hydrogens is 412 g/mol. The highest BCUT2D eigenvalue weighted by Crippen LogP contribution is 2.11. The number of aliphatic hydroxyl groups excluding tert-OH is 1. The summed E-state index contributed by atoms with van der Waals surface area (Å²) in [5, 5.41) is 15.5. The minimum Gasteiger partial charge on any atom is -0.383 e. The Morgan fingerprint density at radius 2 is 0.879 bits per heavy atom. The first-order chi connectivity index (χ1) is 16.1. The number of unbranched alkanes of at least 4 members (excludes halogenated alkanes) is 18. The Morgan fingerprint density at radius 3 is 1.27 bits per heavy atom. The van der Waals surface area contributed by atoms with Crippen LogP contribution in [0.2, 0.25) is 0 Å². The van der Waals surface area contributed by atoms with Crippen LogP contribution in [0.1, 0.15) is 149 Å². The summed E-state index contributed by atoms with van der Waals surface area (Å²) in [6, 6.07) is 0. The smallest absolute Gasteiger partial charge is 0.249 e. The van der Waals surface area contributed by atoms with Crippen LogP contribution in [-0.4, -0.2) is 36.1 Å². The van der Waals surface area contributed by atoms with Gasteiger partial charge in [0.05, 0.1) is 6.42 Å². The van der Waals surface area contributed by atoms with Crippen LogP contribution >= 0.6 is 0 Å². The van der Waals surface area contributed by atoms with Crippen LogP contribution in [0.5, 0.6) is 0 Å². The number of carbonyl (C=O) groups is 2. The minimum atomic E-state index is -1.25. The van der Waals surface area contributed by atoms with Gasteiger partial charge in [-0.2, -0.15) is 0 Å². The van der Waals surface area contributed by atoms with Crippen molar-refractivity contribution in [1.29, 1.82) is 0 Å². The molecule has 0 aliphatic heterocycles. The summed E-state index contributed by atoms with van der Waals surface area (Å²) in [7, 11) is 0. The summed E-state index contributed by atoms with van der Waals surface area (Å²) >= 11 is 0. The molecule has 0 aliphatic carbocycles. The van der Waals surface area contributed by atoms with Gasteiger partial charge in [-0.1, -0.05) is 129 Å². The van der Waals surface area contributed by atoms with Crippen molar-refractivity contribution in [3.63, 3.8) is 0 Å². The normalized spacial score (nSPS) is 12.0. The Bertz CT molecular complexity index is 443. The summed E-state index contributed by atoms with van der Waals surface area (Å²) in [6.07, 6.45) is 23.7. The van der Waals surface area contributed by atoms with E-state index in [9.17, 15) is 14.7 Å². The minimum absolute atomic E-state index is 0.151. The molecular formula is C28H56N2O3. The molecule has 0 radical (unpaired) electrons. The first-order valence-corrected chi connectivity index (χ1v) is 14.3. The molecule has 0 aromatic carbocycles. The summed E-state index contributed by atoms with van der Waals surface area (Å²) in [6.45, 7) is 5.69. The van der Waals surface area contributed by atoms with E-state index in [2.05, 4.69) is 24.5 Å². The van der Waals surface area contributed by atoms with E-state index >= 15 is 0 Å². The highest BCUT2D eigenvalue weighted by Gasteiger charge is 2.18. The summed E-state index contributed by atoms with van der Waals surface area (Å²) in [5.74, 6) is -0.674. The second-order valence-corrected chi connectivity index (χ2v) is 9.72. The molecule has 1 unspecified atom stereocenters. The van der Waals surface area contributed by atoms with Gasteiger partial charge in [-0.25, -0.2) is 0 Å². The number of nitrogens with one attached hydrogen (secondary N) is 2. The Kier molecular flexibility index (Phi) is 24.7. The standard InChI is InChI=1S/C28H56N2O3/c1-3-5-7-9-11-13-15-17-19-21-23-29-27(32)25-26(31)28(33)30-24-22-20-18-16-14-12-10-8-6-4-2/h26,31H,3-25H2,1-2H3,(H,29,32)(H,30,33). The van der Waals surface area contributed by atoms with Crippen LogP contribution in [0.3, 0.4) is 0 Å². The van der Waals surface area contributed by atoms with Gasteiger partial charge in [0.25, 0.3) is 0 Å². The van der Waals surface area contributed by atoms with E-state index in [0.29, 0.717) is 13.1 Å². The second kappa shape index (κ2) is 25.5. The van der Waals surface area contributed by atoms with Gasteiger partial charge in [-0.3, -0.25) is 9.59 Å². The molecule has 0 heterocycles. The van der Waals surface area contributed by atoms with E-state index < -0.39 is 12.0 Å². The van der Waals surface area contributed by atoms with Crippen molar-refractivity contribution < 1.29 is 14.7 Å². The molecule has 2 amide bonds. The van der Waals surface area contributed by atoms with E-state index in [1.165, 1.54) is 103 Å². The zero-order valence-corrected chi connectivity index (χ0v) is 22.1. The van der Waals surface area contributed by atoms with Crippen LogP contribution in [-0.2, 0) is 9.59 Å². The fourth-order valence-electron chi connectivity index (χ4n) is 4.12. The molecule has 0 aromatic heterocycles. The maximum Gasteiger partial charge on any atom is 0.249 e. The quantitative estimate of drug-likeness (QED) is 0.129. The van der Waals surface area contributed by atoms with Crippen molar-refractivity contribution in [2.45, 2.75) is 155 Å². The Balaban J connectivity index is 3.46. The fraction of sp³-hybridized carbons (Fsp3) is 0.929. The largest absolute Gasteiger partial charge is 0.383 e. The van der Waals surface area contributed by atoms with E-state index in [4.69, 9.17) is 0 Å². The fourth-order valence-corrected chi connectivity index (χ4v) is 4.12. The van der Waals surface area contributed by atoms with Gasteiger partial charge < -0.3 is 15.7 Å². The average molecular weight is 469 g/mol. The predicted molar refractivity (Wildman–Crippen MR) is 140 cm³/mol. The lowest BCUT2D eigenvalue weighted by Crippen LogP contribution is -2.39. The first-order valence-electron chi connectivity index (χ1n) is 14.3. The molecule has 0 fully saturated rings. The molecule has 33 heavy (non-hydrogen) atoms. The number of carbonyl (C=O) groups excluding carboxylic acids is 2. The molecule has 0 spiro atoms. The lowest BCUT2D eigenvalue weighted by Gasteiger charge is -2.12. The van der Waals surface area contributed by atoms with Crippen LogP contribution in [0.25, 0.3) is 0 Å². The van der Waals surface area contributed by atoms with Gasteiger partial charge in [0, 0.05) is 13.1 Å². The van der Waals surface area contributed by atoms with Crippen LogP contribution in [0, 0.1) is 0 Å². The molecule has 1 atom stereocenters. The molecule has 0 bridgehead atoms. The van der Waals surface area contributed by atoms with Gasteiger partial charge >= 0.3 is 0 Å². The van der Waals surface area contributed by atoms with E-state index in [1.54, 1.807) is 0 Å². The van der Waals surface area contributed by atoms with Gasteiger partial charge in [0.2, 0.25) is 11.8 Å². The molecule has 5 nitrogen and oxygen atoms in total. The second-order valence-electron chi connectivity index (χ2n) is 9.72. The van der Waals surface area contributed by atoms with Crippen molar-refractivity contribution in [2.24, 2.45) is 0 Å². The molecule has 0 rings (SSSR count). The summed E-state index contributed by atoms with van der Waals surface area (Å²) in [5.41, 5.74) is 0. The number of aliphatic hydroxyl groups is 1. The van der Waals surface area contributed by atoms with Crippen molar-refractivity contribution in [3.05, 3.63) is 0 Å². The lowest BCUT2D eigenvalue weighted by molar-refractivity contribution is -0.134. The number of hydrogen-bond acceptors (Lipinski definition) is 3. The van der Waals surface area contributed by atoms with Gasteiger partial charge in [0.1, 0.15) is 6.10 Å². The van der Waals surface area contributed by atoms with Gasteiger partial charge in [-0.05, 0) is 12.8 Å². The van der Waals surface area contributed by atoms with Gasteiger partial charge in [-0.15, -0.1) is 0 Å². The van der Waals surface area contributed by atoms with E-state index in [0.717, 1.165) is 25.7 Å². The van der Waals surface area contributed by atoms with Crippen LogP contribution in [0.4, 0.5) is 0 Å². The SMILES string of the molecule is CCCCCCCCCCCCNC(=O)CC(O)C(=O)NCCCCCCCCCCCC. The third-order valence-corrected chi connectivity index (χ3v) is 6.36. The summed E-state index contributed by atoms with van der Waals surface area (Å²) < 4.78 is 0. The topological polar surface area (TPSA) is 78.4 Å². The maximum atomic E-state index is 12.0. The Labute approximate surface area is 205 Å². The third-order valence-electron chi connectivity index (χ3n) is 6.36. The van der Waals surface area contributed by atoms with Crippen molar-refractivity contribution in [1.82, 2.24) is 10.6 Å². The highest BCUT2D eigenvalue weighted by atomic mass is 16.3. The predicted octanol–water partition coefficient (Wildman–Crippen LogP) is 6.81. The lowest BCUT2D eigenvalue weighted by atomic mass is 10.1. The molecule has 0 aliphatic rings. The zero-order chi connectivity index (χ0) is 24.4. The van der Waals surface area contributed by atoms with Gasteiger partial charge in [0.15, 0.2) is 0 Å². The van der Waals surface area contributed by atoms with Crippen molar-refractivity contribution in [2.75, 3.05) is 13.1 Å². The molecule has 5 heteroatoms. The molecule has 0 saturated heterocycles. The number of amides is 2. The van der Waals surface area contributed by atoms with Crippen LogP contribution < -0.4 is 10.6 Å². The Morgan fingerprint density at radius 1 is 0.545 bits per heavy atom. The van der Waals surface area contributed by atoms with E-state index in [-0.39, 0.29) is 12.3 Å². The van der Waals surface area contributed by atoms with Crippen molar-refractivity contribution >= 4 is 11.8 Å². The molecule has 0 saturated carbocycles. The number of rotatable bonds is 25. The molecule has 3 N–H and O–H groups in total. The summed E-state index contributed by atoms with van der Waals surface area (Å²) in [4.78, 5) is 23.9. The Hall–Kier alpha value is -1.10. The number of hydrogen-bond donors (Lipinski definition) is 3. The van der Waals surface area contributed by atoms with Crippen LogP contribution in [0.15, 0.2) is 0 Å². The zero-order valence-electron chi connectivity index (χ0n) is 22.1. The maximum absolute atomic E-state index is 12.0. The van der Waals surface area contributed by atoms with E-state index in [1.807, 2.05) is 0 Å².